The number of nitrogens with one attached hydrogen (secondary N) is 1. The minimum atomic E-state index is -3.43. The molecule has 3 heterocycles. The first-order valence-corrected chi connectivity index (χ1v) is 9.26. The molecule has 0 fully saturated rings. The summed E-state index contributed by atoms with van der Waals surface area (Å²) >= 11 is 0. The Hall–Kier alpha value is -2.26. The topological polar surface area (TPSA) is 103 Å². The minimum Gasteiger partial charge on any atom is -0.346 e. The van der Waals surface area contributed by atoms with Gasteiger partial charge < -0.3 is 4.98 Å². The van der Waals surface area contributed by atoms with Gasteiger partial charge in [0.05, 0.1) is 30.3 Å². The largest absolute Gasteiger partial charge is 0.346 e. The molecule has 0 aliphatic heterocycles. The molecule has 0 radical (unpaired) electrons. The number of hydrogen-bond donors (Lipinski definition) is 1. The fourth-order valence-electron chi connectivity index (χ4n) is 2.44. The average Bonchev–Trinajstić information content (AvgIpc) is 3.14. The number of fused-ring (bicyclic) bond motifs is 1. The molecule has 0 bridgehead atoms. The van der Waals surface area contributed by atoms with Crippen molar-refractivity contribution >= 4 is 21.2 Å². The van der Waals surface area contributed by atoms with E-state index in [4.69, 9.17) is 4.18 Å². The second-order valence-electron chi connectivity index (χ2n) is 6.22. The Morgan fingerprint density at radius 1 is 1.33 bits per heavy atom. The Balaban J connectivity index is 1.83. The molecular weight excluding hydrogens is 330 g/mol. The van der Waals surface area contributed by atoms with Crippen LogP contribution in [0.4, 0.5) is 0 Å². The molecule has 0 unspecified atom stereocenters. The second kappa shape index (κ2) is 5.99. The van der Waals surface area contributed by atoms with E-state index in [1.165, 1.54) is 6.33 Å². The van der Waals surface area contributed by atoms with Crippen LogP contribution < -0.4 is 0 Å². The van der Waals surface area contributed by atoms with Gasteiger partial charge in [-0.2, -0.15) is 13.5 Å². The zero-order valence-corrected chi connectivity index (χ0v) is 14.5. The van der Waals surface area contributed by atoms with E-state index in [-0.39, 0.29) is 6.61 Å². The third kappa shape index (κ3) is 3.46. The third-order valence-corrected chi connectivity index (χ3v) is 4.44. The molecule has 8 nitrogen and oxygen atoms in total. The van der Waals surface area contributed by atoms with Crippen molar-refractivity contribution in [3.8, 4) is 11.3 Å². The minimum absolute atomic E-state index is 0.108. The lowest BCUT2D eigenvalue weighted by Crippen LogP contribution is -2.28. The average molecular weight is 349 g/mol. The smallest absolute Gasteiger partial charge is 0.264 e. The van der Waals surface area contributed by atoms with Crippen LogP contribution >= 0.6 is 0 Å². The van der Waals surface area contributed by atoms with Crippen molar-refractivity contribution in [3.63, 3.8) is 0 Å². The predicted octanol–water partition coefficient (Wildman–Crippen LogP) is 1.92. The van der Waals surface area contributed by atoms with Crippen LogP contribution in [0, 0.1) is 0 Å². The van der Waals surface area contributed by atoms with Gasteiger partial charge in [0.25, 0.3) is 10.1 Å². The summed E-state index contributed by atoms with van der Waals surface area (Å²) in [4.78, 5) is 11.6. The van der Waals surface area contributed by atoms with Crippen LogP contribution in [0.1, 0.15) is 20.3 Å². The van der Waals surface area contributed by atoms with Crippen LogP contribution in [0.15, 0.2) is 31.0 Å². The van der Waals surface area contributed by atoms with Gasteiger partial charge in [0.2, 0.25) is 0 Å². The monoisotopic (exact) mass is 349 g/mol. The maximum Gasteiger partial charge on any atom is 0.264 e. The first kappa shape index (κ1) is 16.6. The summed E-state index contributed by atoms with van der Waals surface area (Å²) in [6.07, 6.45) is 8.52. The van der Waals surface area contributed by atoms with Crippen molar-refractivity contribution in [2.24, 2.45) is 0 Å². The van der Waals surface area contributed by atoms with E-state index in [2.05, 4.69) is 20.1 Å². The van der Waals surface area contributed by atoms with Crippen molar-refractivity contribution in [1.29, 1.82) is 0 Å². The zero-order chi connectivity index (χ0) is 17.4. The molecule has 9 heteroatoms. The van der Waals surface area contributed by atoms with E-state index in [9.17, 15) is 8.42 Å². The molecule has 0 amide bonds. The Kier molecular flexibility index (Phi) is 4.14. The highest BCUT2D eigenvalue weighted by molar-refractivity contribution is 7.85. The molecule has 0 saturated heterocycles. The van der Waals surface area contributed by atoms with Crippen LogP contribution in [0.2, 0.25) is 0 Å². The highest BCUT2D eigenvalue weighted by Crippen LogP contribution is 2.27. The van der Waals surface area contributed by atoms with Crippen LogP contribution in [-0.4, -0.2) is 46.0 Å². The van der Waals surface area contributed by atoms with E-state index in [1.54, 1.807) is 10.9 Å². The Morgan fingerprint density at radius 2 is 2.12 bits per heavy atom. The molecule has 3 rings (SSSR count). The van der Waals surface area contributed by atoms with E-state index < -0.39 is 15.7 Å². The van der Waals surface area contributed by atoms with E-state index >= 15 is 0 Å². The standard InChI is InChI=1S/C15H19N5O3S/c1-15(2,5-7-23-24(3,21)22)20-9-11(8-19-20)13-12-4-6-16-14(12)18-10-17-13/h4,6,8-10H,5,7H2,1-3H3,(H,16,17,18). The van der Waals surface area contributed by atoms with Gasteiger partial charge in [0, 0.05) is 23.3 Å². The third-order valence-electron chi connectivity index (χ3n) is 3.84. The van der Waals surface area contributed by atoms with Crippen molar-refractivity contribution in [2.75, 3.05) is 12.9 Å². The molecule has 3 aromatic heterocycles. The highest BCUT2D eigenvalue weighted by Gasteiger charge is 2.23. The van der Waals surface area contributed by atoms with Gasteiger partial charge in [-0.3, -0.25) is 8.86 Å². The number of H-pyrrole nitrogens is 1. The first-order chi connectivity index (χ1) is 11.3. The summed E-state index contributed by atoms with van der Waals surface area (Å²) in [6, 6.07) is 1.92. The SMILES string of the molecule is CC(C)(CCOS(C)(=O)=O)n1cc(-c2ncnc3[nH]ccc23)cn1. The number of aromatic nitrogens is 5. The molecule has 0 aliphatic carbocycles. The number of nitrogens with zero attached hydrogens (tertiary/aromatic N) is 4. The van der Waals surface area contributed by atoms with Gasteiger partial charge in [-0.1, -0.05) is 0 Å². The molecule has 0 saturated carbocycles. The van der Waals surface area contributed by atoms with Gasteiger partial charge in [-0.25, -0.2) is 9.97 Å². The highest BCUT2D eigenvalue weighted by atomic mass is 32.2. The van der Waals surface area contributed by atoms with E-state index in [0.717, 1.165) is 28.5 Å². The maximum atomic E-state index is 11.1. The van der Waals surface area contributed by atoms with Crippen LogP contribution in [-0.2, 0) is 19.8 Å². The fraction of sp³-hybridized carbons (Fsp3) is 0.400. The molecule has 0 aliphatic rings. The number of rotatable bonds is 6. The van der Waals surface area contributed by atoms with Crippen molar-refractivity contribution in [3.05, 3.63) is 31.0 Å². The second-order valence-corrected chi connectivity index (χ2v) is 7.87. The van der Waals surface area contributed by atoms with Crippen LogP contribution in [0.5, 0.6) is 0 Å². The van der Waals surface area contributed by atoms with Crippen LogP contribution in [0.25, 0.3) is 22.3 Å². The van der Waals surface area contributed by atoms with Gasteiger partial charge >= 0.3 is 0 Å². The lowest BCUT2D eigenvalue weighted by molar-refractivity contribution is 0.220. The molecule has 128 valence electrons. The van der Waals surface area contributed by atoms with E-state index in [1.807, 2.05) is 32.3 Å². The quantitative estimate of drug-likeness (QED) is 0.682. The predicted molar refractivity (Wildman–Crippen MR) is 89.8 cm³/mol. The number of hydrogen-bond acceptors (Lipinski definition) is 6. The summed E-state index contributed by atoms with van der Waals surface area (Å²) in [5, 5.41) is 5.34. The van der Waals surface area contributed by atoms with Gasteiger partial charge in [0.15, 0.2) is 0 Å². The lowest BCUT2D eigenvalue weighted by atomic mass is 10.0. The van der Waals surface area contributed by atoms with Gasteiger partial charge in [-0.15, -0.1) is 0 Å². The molecule has 0 atom stereocenters. The molecule has 3 aromatic rings. The molecule has 0 spiro atoms. The van der Waals surface area contributed by atoms with Crippen molar-refractivity contribution in [1.82, 2.24) is 24.7 Å². The Morgan fingerprint density at radius 3 is 2.88 bits per heavy atom. The molecule has 24 heavy (non-hydrogen) atoms. The summed E-state index contributed by atoms with van der Waals surface area (Å²) in [5.41, 5.74) is 2.05. The normalized spacial score (nSPS) is 12.8. The Labute approximate surface area is 140 Å². The lowest BCUT2D eigenvalue weighted by Gasteiger charge is -2.24. The summed E-state index contributed by atoms with van der Waals surface area (Å²) < 4.78 is 28.8. The molecule has 1 N–H and O–H groups in total. The maximum absolute atomic E-state index is 11.1. The van der Waals surface area contributed by atoms with Gasteiger partial charge in [0.1, 0.15) is 12.0 Å². The summed E-state index contributed by atoms with van der Waals surface area (Å²) in [6.45, 7) is 4.05. The number of aromatic amines is 1. The van der Waals surface area contributed by atoms with Crippen molar-refractivity contribution < 1.29 is 12.6 Å². The fourth-order valence-corrected chi connectivity index (χ4v) is 2.82. The zero-order valence-electron chi connectivity index (χ0n) is 13.7. The summed E-state index contributed by atoms with van der Waals surface area (Å²) in [7, 11) is -3.43. The summed E-state index contributed by atoms with van der Waals surface area (Å²) in [5.74, 6) is 0. The van der Waals surface area contributed by atoms with E-state index in [0.29, 0.717) is 6.42 Å². The molecule has 0 aromatic carbocycles. The van der Waals surface area contributed by atoms with Gasteiger partial charge in [-0.05, 0) is 26.3 Å². The van der Waals surface area contributed by atoms with Crippen molar-refractivity contribution in [2.45, 2.75) is 25.8 Å². The Bertz CT molecular complexity index is 958. The van der Waals surface area contributed by atoms with Crippen LogP contribution in [0.3, 0.4) is 0 Å². The molecular formula is C15H19N5O3S. The first-order valence-electron chi connectivity index (χ1n) is 7.44.